The second-order valence-electron chi connectivity index (χ2n) is 8.07. The second-order valence-corrected chi connectivity index (χ2v) is 8.07. The standard InChI is InChI=1S/C20H27N/c1-2-5-14(6-3-1)19-13-18-10-9-17-11-15-7-4-8-16(15)12-20(19)21(17)18/h1-3,5-6,15-20H,4,7-13H2. The maximum absolute atomic E-state index is 3.01. The SMILES string of the molecule is c1ccc(C2CC3CCC4CC5CCCC5CC2N43)cc1. The molecule has 0 radical (unpaired) electrons. The molecule has 0 amide bonds. The van der Waals surface area contributed by atoms with Crippen LogP contribution in [0.5, 0.6) is 0 Å². The van der Waals surface area contributed by atoms with E-state index in [0.29, 0.717) is 0 Å². The lowest BCUT2D eigenvalue weighted by atomic mass is 9.83. The van der Waals surface area contributed by atoms with E-state index in [9.17, 15) is 0 Å². The fourth-order valence-corrected chi connectivity index (χ4v) is 6.40. The number of rotatable bonds is 1. The zero-order valence-corrected chi connectivity index (χ0v) is 13.0. The van der Waals surface area contributed by atoms with E-state index in [-0.39, 0.29) is 0 Å². The fourth-order valence-electron chi connectivity index (χ4n) is 6.40. The van der Waals surface area contributed by atoms with Crippen molar-refractivity contribution in [2.75, 3.05) is 0 Å². The molecule has 0 bridgehead atoms. The molecule has 1 heteroatoms. The Hall–Kier alpha value is -0.820. The van der Waals surface area contributed by atoms with Crippen molar-refractivity contribution in [1.82, 2.24) is 4.90 Å². The molecule has 4 aliphatic rings. The normalized spacial score (nSPS) is 45.3. The number of nitrogens with zero attached hydrogens (tertiary/aromatic N) is 1. The van der Waals surface area contributed by atoms with Crippen LogP contribution in [-0.2, 0) is 0 Å². The first-order valence-electron chi connectivity index (χ1n) is 9.22. The Morgan fingerprint density at radius 3 is 2.29 bits per heavy atom. The largest absolute Gasteiger partial charge is 0.294 e. The highest BCUT2D eigenvalue weighted by molar-refractivity contribution is 5.25. The molecule has 0 N–H and O–H groups in total. The smallest absolute Gasteiger partial charge is 0.0173 e. The first-order chi connectivity index (χ1) is 10.4. The summed E-state index contributed by atoms with van der Waals surface area (Å²) in [6, 6.07) is 14.1. The second kappa shape index (κ2) is 4.84. The van der Waals surface area contributed by atoms with Gasteiger partial charge >= 0.3 is 0 Å². The van der Waals surface area contributed by atoms with Crippen LogP contribution in [0.2, 0.25) is 0 Å². The maximum atomic E-state index is 3.01. The minimum absolute atomic E-state index is 0.818. The Morgan fingerprint density at radius 2 is 1.48 bits per heavy atom. The Bertz CT molecular complexity index is 510. The van der Waals surface area contributed by atoms with E-state index < -0.39 is 0 Å². The summed E-state index contributed by atoms with van der Waals surface area (Å²) in [7, 11) is 0. The third kappa shape index (κ3) is 1.93. The van der Waals surface area contributed by atoms with Crippen molar-refractivity contribution in [3.05, 3.63) is 35.9 Å². The van der Waals surface area contributed by atoms with Crippen molar-refractivity contribution in [1.29, 1.82) is 0 Å². The maximum Gasteiger partial charge on any atom is 0.0173 e. The van der Waals surface area contributed by atoms with Gasteiger partial charge in [-0.25, -0.2) is 0 Å². The van der Waals surface area contributed by atoms with Crippen LogP contribution in [-0.4, -0.2) is 23.0 Å². The summed E-state index contributed by atoms with van der Waals surface area (Å²) in [5.41, 5.74) is 1.62. The topological polar surface area (TPSA) is 3.24 Å². The molecule has 1 aliphatic carbocycles. The predicted molar refractivity (Wildman–Crippen MR) is 86.3 cm³/mol. The van der Waals surface area contributed by atoms with Gasteiger partial charge in [0.05, 0.1) is 0 Å². The summed E-state index contributed by atoms with van der Waals surface area (Å²) in [6.45, 7) is 0. The minimum atomic E-state index is 0.818. The van der Waals surface area contributed by atoms with Crippen LogP contribution >= 0.6 is 0 Å². The van der Waals surface area contributed by atoms with Gasteiger partial charge in [0.25, 0.3) is 0 Å². The highest BCUT2D eigenvalue weighted by Crippen LogP contribution is 2.53. The molecule has 0 spiro atoms. The van der Waals surface area contributed by atoms with Gasteiger partial charge in [-0.2, -0.15) is 0 Å². The van der Waals surface area contributed by atoms with E-state index in [4.69, 9.17) is 0 Å². The monoisotopic (exact) mass is 281 g/mol. The van der Waals surface area contributed by atoms with Crippen molar-refractivity contribution in [3.8, 4) is 0 Å². The van der Waals surface area contributed by atoms with E-state index in [0.717, 1.165) is 35.9 Å². The van der Waals surface area contributed by atoms with Crippen LogP contribution < -0.4 is 0 Å². The van der Waals surface area contributed by atoms with Gasteiger partial charge in [0.1, 0.15) is 0 Å². The van der Waals surface area contributed by atoms with E-state index in [1.54, 1.807) is 5.56 Å². The quantitative estimate of drug-likeness (QED) is 0.728. The first kappa shape index (κ1) is 12.7. The lowest BCUT2D eigenvalue weighted by Gasteiger charge is -2.31. The average Bonchev–Trinajstić information content (AvgIpc) is 3.18. The lowest BCUT2D eigenvalue weighted by molar-refractivity contribution is 0.170. The van der Waals surface area contributed by atoms with Crippen LogP contribution in [0.3, 0.4) is 0 Å². The molecular formula is C20H27N. The van der Waals surface area contributed by atoms with Crippen LogP contribution in [0.15, 0.2) is 30.3 Å². The van der Waals surface area contributed by atoms with Crippen molar-refractivity contribution in [3.63, 3.8) is 0 Å². The number of fused-ring (bicyclic) bond motifs is 1. The summed E-state index contributed by atoms with van der Waals surface area (Å²) >= 11 is 0. The fraction of sp³-hybridized carbons (Fsp3) is 0.700. The van der Waals surface area contributed by atoms with Gasteiger partial charge < -0.3 is 0 Å². The van der Waals surface area contributed by atoms with Crippen LogP contribution in [0, 0.1) is 11.8 Å². The molecule has 3 aliphatic heterocycles. The molecule has 5 rings (SSSR count). The van der Waals surface area contributed by atoms with Gasteiger partial charge in [0.15, 0.2) is 0 Å². The zero-order valence-electron chi connectivity index (χ0n) is 13.0. The summed E-state index contributed by atoms with van der Waals surface area (Å²) in [5.74, 6) is 2.93. The number of hydrogen-bond donors (Lipinski definition) is 0. The van der Waals surface area contributed by atoms with Crippen molar-refractivity contribution in [2.24, 2.45) is 11.8 Å². The highest BCUT2D eigenvalue weighted by Gasteiger charge is 2.52. The van der Waals surface area contributed by atoms with Crippen LogP contribution in [0.25, 0.3) is 0 Å². The Kier molecular flexibility index (Phi) is 2.93. The van der Waals surface area contributed by atoms with Crippen LogP contribution in [0.1, 0.15) is 62.8 Å². The minimum Gasteiger partial charge on any atom is -0.294 e. The summed E-state index contributed by atoms with van der Waals surface area (Å²) in [5, 5.41) is 0. The van der Waals surface area contributed by atoms with E-state index >= 15 is 0 Å². The van der Waals surface area contributed by atoms with Gasteiger partial charge in [-0.15, -0.1) is 0 Å². The van der Waals surface area contributed by atoms with Gasteiger partial charge in [-0.1, -0.05) is 49.6 Å². The molecule has 3 heterocycles. The molecule has 6 unspecified atom stereocenters. The van der Waals surface area contributed by atoms with E-state index in [1.165, 1.54) is 51.4 Å². The summed E-state index contributed by atoms with van der Waals surface area (Å²) in [6.07, 6.45) is 12.0. The zero-order chi connectivity index (χ0) is 13.8. The average molecular weight is 281 g/mol. The molecule has 21 heavy (non-hydrogen) atoms. The molecule has 1 saturated carbocycles. The molecule has 6 atom stereocenters. The van der Waals surface area contributed by atoms with Crippen LogP contribution in [0.4, 0.5) is 0 Å². The van der Waals surface area contributed by atoms with Gasteiger partial charge in [-0.05, 0) is 49.5 Å². The van der Waals surface area contributed by atoms with Gasteiger partial charge in [0, 0.05) is 24.0 Å². The van der Waals surface area contributed by atoms with Gasteiger partial charge in [0.2, 0.25) is 0 Å². The molecule has 4 fully saturated rings. The number of benzene rings is 1. The first-order valence-corrected chi connectivity index (χ1v) is 9.22. The summed E-state index contributed by atoms with van der Waals surface area (Å²) < 4.78 is 0. The lowest BCUT2D eigenvalue weighted by Crippen LogP contribution is -2.38. The third-order valence-corrected chi connectivity index (χ3v) is 7.21. The Morgan fingerprint density at radius 1 is 0.762 bits per heavy atom. The Balaban J connectivity index is 1.50. The molecule has 1 nitrogen and oxygen atoms in total. The van der Waals surface area contributed by atoms with Crippen molar-refractivity contribution >= 4 is 0 Å². The molecule has 1 aromatic rings. The van der Waals surface area contributed by atoms with E-state index in [2.05, 4.69) is 35.2 Å². The molecule has 112 valence electrons. The Labute approximate surface area is 128 Å². The predicted octanol–water partition coefficient (Wildman–Crippen LogP) is 4.59. The molecule has 3 saturated heterocycles. The third-order valence-electron chi connectivity index (χ3n) is 7.21. The number of hydrogen-bond acceptors (Lipinski definition) is 1. The summed E-state index contributed by atoms with van der Waals surface area (Å²) in [4.78, 5) is 3.01. The highest BCUT2D eigenvalue weighted by atomic mass is 15.3. The van der Waals surface area contributed by atoms with Gasteiger partial charge in [-0.3, -0.25) is 4.90 Å². The molecule has 0 aromatic heterocycles. The van der Waals surface area contributed by atoms with E-state index in [1.807, 2.05) is 0 Å². The van der Waals surface area contributed by atoms with Crippen molar-refractivity contribution in [2.45, 2.75) is 75.4 Å². The van der Waals surface area contributed by atoms with Crippen molar-refractivity contribution < 1.29 is 0 Å². The molecule has 1 aromatic carbocycles. The molecular weight excluding hydrogens is 254 g/mol.